The zero-order valence-corrected chi connectivity index (χ0v) is 15.1. The predicted octanol–water partition coefficient (Wildman–Crippen LogP) is 3.33. The number of piperazine rings is 1. The predicted molar refractivity (Wildman–Crippen MR) is 104 cm³/mol. The van der Waals surface area contributed by atoms with Crippen LogP contribution < -0.4 is 4.90 Å². The lowest BCUT2D eigenvalue weighted by molar-refractivity contribution is 0.0941. The molecule has 4 rings (SSSR count). The third kappa shape index (κ3) is 3.95. The summed E-state index contributed by atoms with van der Waals surface area (Å²) in [5.41, 5.74) is 2.03. The third-order valence-corrected chi connectivity index (χ3v) is 4.69. The van der Waals surface area contributed by atoms with Gasteiger partial charge in [0.1, 0.15) is 12.4 Å². The van der Waals surface area contributed by atoms with Crippen LogP contribution in [0.3, 0.4) is 0 Å². The SMILES string of the molecule is O=C(OCc1ccccc1)N1CCN(c2ccnn2-c2ccccc2)CC1. The van der Waals surface area contributed by atoms with Crippen molar-refractivity contribution in [3.63, 3.8) is 0 Å². The Kier molecular flexibility index (Phi) is 5.05. The minimum atomic E-state index is -0.255. The number of nitrogens with zero attached hydrogens (tertiary/aromatic N) is 4. The maximum absolute atomic E-state index is 12.3. The van der Waals surface area contributed by atoms with Crippen molar-refractivity contribution in [3.8, 4) is 5.69 Å². The molecule has 1 amide bonds. The minimum absolute atomic E-state index is 0.255. The van der Waals surface area contributed by atoms with Crippen molar-refractivity contribution < 1.29 is 9.53 Å². The number of ether oxygens (including phenoxy) is 1. The van der Waals surface area contributed by atoms with Gasteiger partial charge in [0, 0.05) is 32.2 Å². The largest absolute Gasteiger partial charge is 0.445 e. The molecule has 27 heavy (non-hydrogen) atoms. The van der Waals surface area contributed by atoms with E-state index in [2.05, 4.69) is 10.00 Å². The van der Waals surface area contributed by atoms with Crippen LogP contribution in [0.4, 0.5) is 10.6 Å². The number of hydrogen-bond donors (Lipinski definition) is 0. The second kappa shape index (κ2) is 7.95. The van der Waals surface area contributed by atoms with E-state index in [9.17, 15) is 4.79 Å². The number of para-hydroxylation sites is 1. The van der Waals surface area contributed by atoms with Crippen molar-refractivity contribution in [3.05, 3.63) is 78.5 Å². The Labute approximate surface area is 158 Å². The van der Waals surface area contributed by atoms with Crippen LogP contribution in [0, 0.1) is 0 Å². The molecule has 0 aliphatic carbocycles. The van der Waals surface area contributed by atoms with Crippen molar-refractivity contribution in [1.82, 2.24) is 14.7 Å². The normalized spacial score (nSPS) is 14.2. The molecule has 3 aromatic rings. The second-order valence-corrected chi connectivity index (χ2v) is 6.45. The number of aromatic nitrogens is 2. The zero-order chi connectivity index (χ0) is 18.5. The van der Waals surface area contributed by atoms with Gasteiger partial charge in [-0.05, 0) is 17.7 Å². The summed E-state index contributed by atoms with van der Waals surface area (Å²) in [6.07, 6.45) is 1.55. The van der Waals surface area contributed by atoms with Crippen molar-refractivity contribution >= 4 is 11.9 Å². The number of benzene rings is 2. The van der Waals surface area contributed by atoms with Crippen molar-refractivity contribution in [2.75, 3.05) is 31.1 Å². The van der Waals surface area contributed by atoms with Crippen molar-refractivity contribution in [1.29, 1.82) is 0 Å². The van der Waals surface area contributed by atoms with Crippen molar-refractivity contribution in [2.24, 2.45) is 0 Å². The highest BCUT2D eigenvalue weighted by Gasteiger charge is 2.24. The zero-order valence-electron chi connectivity index (χ0n) is 15.1. The standard InChI is InChI=1S/C21H22N4O2/c26-21(27-17-18-7-3-1-4-8-18)24-15-13-23(14-16-24)20-11-12-22-25(20)19-9-5-2-6-10-19/h1-12H,13-17H2. The summed E-state index contributed by atoms with van der Waals surface area (Å²) in [6, 6.07) is 21.8. The molecule has 1 saturated heterocycles. The Morgan fingerprint density at radius 3 is 2.26 bits per heavy atom. The van der Waals surface area contributed by atoms with Gasteiger partial charge in [-0.2, -0.15) is 5.10 Å². The molecular weight excluding hydrogens is 340 g/mol. The van der Waals surface area contributed by atoms with Gasteiger partial charge in [-0.3, -0.25) is 0 Å². The molecule has 6 nitrogen and oxygen atoms in total. The van der Waals surface area contributed by atoms with Gasteiger partial charge in [0.05, 0.1) is 11.9 Å². The van der Waals surface area contributed by atoms with E-state index in [4.69, 9.17) is 4.74 Å². The number of anilines is 1. The van der Waals surface area contributed by atoms with E-state index < -0.39 is 0 Å². The van der Waals surface area contributed by atoms with Gasteiger partial charge in [0.15, 0.2) is 0 Å². The first-order valence-corrected chi connectivity index (χ1v) is 9.11. The van der Waals surface area contributed by atoms with Crippen LogP contribution in [0.15, 0.2) is 72.9 Å². The highest BCUT2D eigenvalue weighted by molar-refractivity contribution is 5.68. The Hall–Kier alpha value is -3.28. The first kappa shape index (κ1) is 17.1. The summed E-state index contributed by atoms with van der Waals surface area (Å²) in [6.45, 7) is 3.07. The van der Waals surface area contributed by atoms with E-state index in [0.717, 1.165) is 30.2 Å². The fourth-order valence-electron chi connectivity index (χ4n) is 3.23. The average molecular weight is 362 g/mol. The van der Waals surface area contributed by atoms with E-state index in [0.29, 0.717) is 19.7 Å². The van der Waals surface area contributed by atoms with E-state index in [1.165, 1.54) is 0 Å². The molecule has 0 N–H and O–H groups in total. The van der Waals surface area contributed by atoms with Crippen LogP contribution in [-0.4, -0.2) is 47.0 Å². The molecule has 1 aliphatic rings. The topological polar surface area (TPSA) is 50.6 Å². The van der Waals surface area contributed by atoms with Gasteiger partial charge in [0.2, 0.25) is 0 Å². The first-order valence-electron chi connectivity index (χ1n) is 9.11. The Balaban J connectivity index is 1.34. The number of carbonyl (C=O) groups excluding carboxylic acids is 1. The van der Waals surface area contributed by atoms with Crippen LogP contribution in [0.5, 0.6) is 0 Å². The smallest absolute Gasteiger partial charge is 0.410 e. The second-order valence-electron chi connectivity index (χ2n) is 6.45. The average Bonchev–Trinajstić information content (AvgIpc) is 3.23. The van der Waals surface area contributed by atoms with Gasteiger partial charge >= 0.3 is 6.09 Å². The lowest BCUT2D eigenvalue weighted by Gasteiger charge is -2.35. The third-order valence-electron chi connectivity index (χ3n) is 4.69. The molecule has 1 aromatic heterocycles. The van der Waals surface area contributed by atoms with Gasteiger partial charge in [-0.1, -0.05) is 48.5 Å². The summed E-state index contributed by atoms with van der Waals surface area (Å²) in [4.78, 5) is 16.3. The van der Waals surface area contributed by atoms with E-state index in [1.54, 1.807) is 4.90 Å². The van der Waals surface area contributed by atoms with Gasteiger partial charge in [0.25, 0.3) is 0 Å². The lowest BCUT2D eigenvalue weighted by Crippen LogP contribution is -2.49. The van der Waals surface area contributed by atoms with Crippen LogP contribution >= 0.6 is 0 Å². The maximum Gasteiger partial charge on any atom is 0.410 e. The van der Waals surface area contributed by atoms with Gasteiger partial charge < -0.3 is 14.5 Å². The monoisotopic (exact) mass is 362 g/mol. The molecule has 0 atom stereocenters. The lowest BCUT2D eigenvalue weighted by atomic mass is 10.2. The molecule has 0 bridgehead atoms. The molecule has 1 aliphatic heterocycles. The fraction of sp³-hybridized carbons (Fsp3) is 0.238. The van der Waals surface area contributed by atoms with Crippen LogP contribution in [0.2, 0.25) is 0 Å². The van der Waals surface area contributed by atoms with Crippen molar-refractivity contribution in [2.45, 2.75) is 6.61 Å². The highest BCUT2D eigenvalue weighted by atomic mass is 16.6. The molecule has 0 spiro atoms. The Morgan fingerprint density at radius 1 is 0.889 bits per heavy atom. The van der Waals surface area contributed by atoms with Crippen LogP contribution in [0.1, 0.15) is 5.56 Å². The molecule has 0 saturated carbocycles. The minimum Gasteiger partial charge on any atom is -0.445 e. The molecule has 6 heteroatoms. The summed E-state index contributed by atoms with van der Waals surface area (Å²) in [7, 11) is 0. The Morgan fingerprint density at radius 2 is 1.56 bits per heavy atom. The molecule has 0 radical (unpaired) electrons. The van der Waals surface area contributed by atoms with Gasteiger partial charge in [-0.15, -0.1) is 0 Å². The summed E-state index contributed by atoms with van der Waals surface area (Å²) < 4.78 is 7.37. The van der Waals surface area contributed by atoms with E-state index >= 15 is 0 Å². The number of amides is 1. The quantitative estimate of drug-likeness (QED) is 0.714. The summed E-state index contributed by atoms with van der Waals surface area (Å²) in [5, 5.41) is 4.45. The molecule has 1 fully saturated rings. The number of rotatable bonds is 4. The highest BCUT2D eigenvalue weighted by Crippen LogP contribution is 2.20. The van der Waals surface area contributed by atoms with E-state index in [-0.39, 0.29) is 6.09 Å². The van der Waals surface area contributed by atoms with Crippen LogP contribution in [0.25, 0.3) is 5.69 Å². The van der Waals surface area contributed by atoms with E-state index in [1.807, 2.05) is 77.6 Å². The van der Waals surface area contributed by atoms with Gasteiger partial charge in [-0.25, -0.2) is 9.48 Å². The van der Waals surface area contributed by atoms with Crippen LogP contribution in [-0.2, 0) is 11.3 Å². The molecule has 2 heterocycles. The molecule has 2 aromatic carbocycles. The first-order chi connectivity index (χ1) is 13.3. The Bertz CT molecular complexity index is 871. The number of hydrogen-bond acceptors (Lipinski definition) is 4. The molecule has 138 valence electrons. The summed E-state index contributed by atoms with van der Waals surface area (Å²) >= 11 is 0. The number of carbonyl (C=O) groups is 1. The molecule has 0 unspecified atom stereocenters. The summed E-state index contributed by atoms with van der Waals surface area (Å²) in [5.74, 6) is 1.04. The molecular formula is C21H22N4O2. The fourth-order valence-corrected chi connectivity index (χ4v) is 3.23. The maximum atomic E-state index is 12.3.